The number of ether oxygens (including phenoxy) is 8. The first-order valence-corrected chi connectivity index (χ1v) is 12.1. The third-order valence-corrected chi connectivity index (χ3v) is 7.06. The van der Waals surface area contributed by atoms with Crippen molar-refractivity contribution in [3.63, 3.8) is 0 Å². The molecule has 0 amide bonds. The van der Waals surface area contributed by atoms with Crippen LogP contribution in [0, 0.1) is 0 Å². The lowest BCUT2D eigenvalue weighted by Crippen LogP contribution is -2.47. The molecule has 4 heterocycles. The van der Waals surface area contributed by atoms with E-state index in [1.165, 1.54) is 14.2 Å². The summed E-state index contributed by atoms with van der Waals surface area (Å²) in [6.45, 7) is 7.79. The quantitative estimate of drug-likeness (QED) is 0.528. The molecular formula is C25H35NO10. The fourth-order valence-electron chi connectivity index (χ4n) is 5.40. The van der Waals surface area contributed by atoms with Crippen molar-refractivity contribution >= 4 is 5.97 Å². The number of benzene rings is 1. The summed E-state index contributed by atoms with van der Waals surface area (Å²) in [6, 6.07) is 7.11. The second-order valence-corrected chi connectivity index (χ2v) is 10.3. The molecule has 11 nitrogen and oxygen atoms in total. The maximum atomic E-state index is 12.8. The molecular weight excluding hydrogens is 474 g/mol. The number of hydrogen-bond donors (Lipinski definition) is 0. The summed E-state index contributed by atoms with van der Waals surface area (Å²) >= 11 is 0. The SMILES string of the molecule is COC(=O)[C@@]1(OC)C[C@H](c2ccc(OC)cc2)N([C@@H]2O[C@@H](C3COC(C)(C)O3)[C@H]3OC(C)(C)O[C@H]32)O1. The van der Waals surface area contributed by atoms with E-state index in [0.29, 0.717) is 12.4 Å². The lowest BCUT2D eigenvalue weighted by Gasteiger charge is -2.33. The molecule has 4 aliphatic heterocycles. The summed E-state index contributed by atoms with van der Waals surface area (Å²) in [5.41, 5.74) is 0.877. The zero-order chi connectivity index (χ0) is 25.9. The molecule has 4 fully saturated rings. The van der Waals surface area contributed by atoms with Crippen molar-refractivity contribution < 1.29 is 47.5 Å². The van der Waals surface area contributed by atoms with Crippen LogP contribution in [0.15, 0.2) is 24.3 Å². The second-order valence-electron chi connectivity index (χ2n) is 10.3. The minimum atomic E-state index is -1.65. The number of esters is 1. The van der Waals surface area contributed by atoms with E-state index < -0.39 is 53.9 Å². The van der Waals surface area contributed by atoms with E-state index in [4.69, 9.17) is 42.7 Å². The van der Waals surface area contributed by atoms with Crippen molar-refractivity contribution in [3.05, 3.63) is 29.8 Å². The molecule has 1 unspecified atom stereocenters. The van der Waals surface area contributed by atoms with Gasteiger partial charge >= 0.3 is 5.97 Å². The highest BCUT2D eigenvalue weighted by Crippen LogP contribution is 2.49. The van der Waals surface area contributed by atoms with E-state index in [-0.39, 0.29) is 12.5 Å². The Labute approximate surface area is 210 Å². The molecule has 1 aromatic carbocycles. The van der Waals surface area contributed by atoms with Crippen LogP contribution < -0.4 is 4.74 Å². The summed E-state index contributed by atoms with van der Waals surface area (Å²) in [5.74, 6) is -3.17. The molecule has 1 aromatic rings. The number of methoxy groups -OCH3 is 3. The Bertz CT molecular complexity index is 968. The molecule has 0 radical (unpaired) electrons. The van der Waals surface area contributed by atoms with Crippen LogP contribution in [0.4, 0.5) is 0 Å². The van der Waals surface area contributed by atoms with E-state index >= 15 is 0 Å². The third kappa shape index (κ3) is 4.41. The van der Waals surface area contributed by atoms with Crippen molar-refractivity contribution in [2.24, 2.45) is 0 Å². The van der Waals surface area contributed by atoms with Gasteiger partial charge in [0.05, 0.1) is 26.9 Å². The molecule has 5 rings (SSSR count). The molecule has 7 atom stereocenters. The Morgan fingerprint density at radius 2 is 1.64 bits per heavy atom. The summed E-state index contributed by atoms with van der Waals surface area (Å²) in [7, 11) is 4.32. The molecule has 36 heavy (non-hydrogen) atoms. The highest BCUT2D eigenvalue weighted by atomic mass is 16.9. The van der Waals surface area contributed by atoms with Crippen LogP contribution in [0.2, 0.25) is 0 Å². The van der Waals surface area contributed by atoms with Gasteiger partial charge in [-0.2, -0.15) is 0 Å². The van der Waals surface area contributed by atoms with Crippen LogP contribution >= 0.6 is 0 Å². The average molecular weight is 510 g/mol. The Morgan fingerprint density at radius 3 is 2.22 bits per heavy atom. The van der Waals surface area contributed by atoms with Crippen molar-refractivity contribution in [1.82, 2.24) is 5.06 Å². The Morgan fingerprint density at radius 1 is 0.944 bits per heavy atom. The predicted molar refractivity (Wildman–Crippen MR) is 122 cm³/mol. The smallest absolute Gasteiger partial charge is 0.368 e. The minimum absolute atomic E-state index is 0.171. The van der Waals surface area contributed by atoms with Crippen LogP contribution in [0.3, 0.4) is 0 Å². The van der Waals surface area contributed by atoms with Crippen molar-refractivity contribution in [2.45, 2.75) is 88.2 Å². The molecule has 0 aliphatic carbocycles. The first-order valence-electron chi connectivity index (χ1n) is 12.1. The van der Waals surface area contributed by atoms with Gasteiger partial charge in [-0.1, -0.05) is 12.1 Å². The van der Waals surface area contributed by atoms with Gasteiger partial charge in [0.15, 0.2) is 17.8 Å². The largest absolute Gasteiger partial charge is 0.497 e. The molecule has 11 heteroatoms. The maximum Gasteiger partial charge on any atom is 0.368 e. The third-order valence-electron chi connectivity index (χ3n) is 7.06. The van der Waals surface area contributed by atoms with E-state index in [2.05, 4.69) is 0 Å². The highest BCUT2D eigenvalue weighted by molar-refractivity contribution is 5.78. The van der Waals surface area contributed by atoms with Gasteiger partial charge in [-0.05, 0) is 45.4 Å². The fraction of sp³-hybridized carbons (Fsp3) is 0.720. The summed E-state index contributed by atoms with van der Waals surface area (Å²) in [5, 5.41) is 1.63. The van der Waals surface area contributed by atoms with Crippen LogP contribution in [-0.4, -0.2) is 87.0 Å². The molecule has 4 saturated heterocycles. The first-order chi connectivity index (χ1) is 17.0. The zero-order valence-corrected chi connectivity index (χ0v) is 21.7. The molecule has 0 spiro atoms. The van der Waals surface area contributed by atoms with E-state index in [1.807, 2.05) is 52.0 Å². The van der Waals surface area contributed by atoms with Gasteiger partial charge in [0.2, 0.25) is 0 Å². The van der Waals surface area contributed by atoms with Crippen LogP contribution in [-0.2, 0) is 42.8 Å². The lowest BCUT2D eigenvalue weighted by atomic mass is 9.98. The number of fused-ring (bicyclic) bond motifs is 1. The zero-order valence-electron chi connectivity index (χ0n) is 21.7. The van der Waals surface area contributed by atoms with Gasteiger partial charge in [0.25, 0.3) is 5.79 Å². The van der Waals surface area contributed by atoms with Gasteiger partial charge in [0.1, 0.15) is 30.2 Å². The van der Waals surface area contributed by atoms with E-state index in [1.54, 1.807) is 12.2 Å². The average Bonchev–Trinajstić information content (AvgIpc) is 3.58. The minimum Gasteiger partial charge on any atom is -0.497 e. The van der Waals surface area contributed by atoms with Gasteiger partial charge in [-0.15, -0.1) is 5.06 Å². The van der Waals surface area contributed by atoms with Gasteiger partial charge in [-0.25, -0.2) is 9.63 Å². The number of carbonyl (C=O) groups excluding carboxylic acids is 1. The van der Waals surface area contributed by atoms with Crippen LogP contribution in [0.1, 0.15) is 45.7 Å². The molecule has 0 bridgehead atoms. The van der Waals surface area contributed by atoms with E-state index in [9.17, 15) is 4.79 Å². The number of nitrogens with zero attached hydrogens (tertiary/aromatic N) is 1. The monoisotopic (exact) mass is 509 g/mol. The predicted octanol–water partition coefficient (Wildman–Crippen LogP) is 2.29. The maximum absolute atomic E-state index is 12.8. The normalized spacial score (nSPS) is 39.3. The number of rotatable bonds is 6. The van der Waals surface area contributed by atoms with Gasteiger partial charge in [0, 0.05) is 13.5 Å². The first kappa shape index (κ1) is 25.8. The summed E-state index contributed by atoms with van der Waals surface area (Å²) in [4.78, 5) is 19.1. The second kappa shape index (κ2) is 9.17. The van der Waals surface area contributed by atoms with Crippen LogP contribution in [0.25, 0.3) is 0 Å². The van der Waals surface area contributed by atoms with Crippen molar-refractivity contribution in [2.75, 3.05) is 27.9 Å². The molecule has 0 saturated carbocycles. The number of hydroxylamine groups is 2. The van der Waals surface area contributed by atoms with E-state index in [0.717, 1.165) is 5.56 Å². The molecule has 0 aromatic heterocycles. The Balaban J connectivity index is 1.50. The Kier molecular flexibility index (Phi) is 6.58. The van der Waals surface area contributed by atoms with Crippen molar-refractivity contribution in [3.8, 4) is 5.75 Å². The molecule has 0 N–H and O–H groups in total. The molecule has 200 valence electrons. The molecule has 4 aliphatic rings. The standard InChI is InChI=1S/C25H35NO10/c1-23(2)31-13-17(33-23)18-19-20(35-24(3,4)34-19)21(32-18)26-16(14-8-10-15(28-5)11-9-14)12-25(30-7,36-26)22(27)29-6/h8-11,16-21H,12-13H2,1-7H3/t16-,17?,18+,19-,20-,21-,25-/m1/s1. The van der Waals surface area contributed by atoms with Gasteiger partial charge < -0.3 is 37.9 Å². The van der Waals surface area contributed by atoms with Gasteiger partial charge in [-0.3, -0.25) is 0 Å². The summed E-state index contributed by atoms with van der Waals surface area (Å²) in [6.07, 6.45) is -2.39. The number of hydrogen-bond acceptors (Lipinski definition) is 11. The summed E-state index contributed by atoms with van der Waals surface area (Å²) < 4.78 is 47.0. The fourth-order valence-corrected chi connectivity index (χ4v) is 5.40. The Hall–Kier alpha value is -1.83. The van der Waals surface area contributed by atoms with Crippen molar-refractivity contribution in [1.29, 1.82) is 0 Å². The van der Waals surface area contributed by atoms with Crippen LogP contribution in [0.5, 0.6) is 5.75 Å². The lowest BCUT2D eigenvalue weighted by molar-refractivity contribution is -0.344. The topological polar surface area (TPSA) is 103 Å². The number of carbonyl (C=O) groups is 1. The highest BCUT2D eigenvalue weighted by Gasteiger charge is 2.65.